The topological polar surface area (TPSA) is 52.6 Å². The van der Waals surface area contributed by atoms with E-state index >= 15 is 0 Å². The Morgan fingerprint density at radius 2 is 1.37 bits per heavy atom. The van der Waals surface area contributed by atoms with Crippen molar-refractivity contribution >= 4 is 11.9 Å². The maximum absolute atomic E-state index is 14.5. The Morgan fingerprint density at radius 1 is 0.833 bits per heavy atom. The molecule has 3 aromatic rings. The smallest absolute Gasteiger partial charge is 0.338 e. The molecule has 150 valence electrons. The summed E-state index contributed by atoms with van der Waals surface area (Å²) in [7, 11) is 0. The summed E-state index contributed by atoms with van der Waals surface area (Å²) in [5.74, 6) is -1.07. The van der Waals surface area contributed by atoms with Crippen molar-refractivity contribution in [3.8, 4) is 33.8 Å². The molecule has 0 unspecified atom stereocenters. The minimum atomic E-state index is -0.646. The molecule has 0 heterocycles. The Morgan fingerprint density at radius 3 is 1.90 bits per heavy atom. The van der Waals surface area contributed by atoms with Crippen LogP contribution < -0.4 is 9.47 Å². The lowest BCUT2D eigenvalue weighted by Gasteiger charge is -2.09. The zero-order chi connectivity index (χ0) is 21.7. The summed E-state index contributed by atoms with van der Waals surface area (Å²) in [6, 6.07) is 18.7. The molecule has 3 rings (SSSR count). The minimum absolute atomic E-state index is 0.116. The van der Waals surface area contributed by atoms with E-state index in [2.05, 4.69) is 13.2 Å². The van der Waals surface area contributed by atoms with Crippen molar-refractivity contribution in [2.45, 2.75) is 6.92 Å². The predicted octanol–water partition coefficient (Wildman–Crippen LogP) is 5.73. The number of hydrogen-bond acceptors (Lipinski definition) is 4. The Labute approximate surface area is 173 Å². The van der Waals surface area contributed by atoms with Gasteiger partial charge in [-0.2, -0.15) is 0 Å². The van der Waals surface area contributed by atoms with Crippen molar-refractivity contribution < 1.29 is 23.5 Å². The van der Waals surface area contributed by atoms with E-state index < -0.39 is 17.8 Å². The van der Waals surface area contributed by atoms with Crippen molar-refractivity contribution in [2.24, 2.45) is 0 Å². The van der Waals surface area contributed by atoms with E-state index in [1.807, 2.05) is 24.3 Å². The van der Waals surface area contributed by atoms with Crippen LogP contribution in [0.3, 0.4) is 0 Å². The van der Waals surface area contributed by atoms with Gasteiger partial charge in [-0.3, -0.25) is 0 Å². The second-order valence-corrected chi connectivity index (χ2v) is 6.54. The molecule has 3 aromatic carbocycles. The van der Waals surface area contributed by atoms with Gasteiger partial charge in [0, 0.05) is 23.3 Å². The summed E-state index contributed by atoms with van der Waals surface area (Å²) in [5.41, 5.74) is 3.25. The highest BCUT2D eigenvalue weighted by molar-refractivity contribution is 5.88. The first-order valence-electron chi connectivity index (χ1n) is 9.09. The van der Waals surface area contributed by atoms with E-state index in [-0.39, 0.29) is 5.75 Å². The molecule has 0 aliphatic rings. The highest BCUT2D eigenvalue weighted by Gasteiger charge is 2.10. The zero-order valence-electron chi connectivity index (χ0n) is 16.4. The van der Waals surface area contributed by atoms with Gasteiger partial charge in [0.05, 0.1) is 0 Å². The van der Waals surface area contributed by atoms with Crippen molar-refractivity contribution in [3.05, 3.63) is 97.4 Å². The van der Waals surface area contributed by atoms with Crippen LogP contribution in [0.15, 0.2) is 91.5 Å². The molecule has 4 nitrogen and oxygen atoms in total. The van der Waals surface area contributed by atoms with E-state index in [9.17, 15) is 14.0 Å². The molecule has 0 radical (unpaired) electrons. The summed E-state index contributed by atoms with van der Waals surface area (Å²) in [4.78, 5) is 22.8. The second-order valence-electron chi connectivity index (χ2n) is 6.54. The highest BCUT2D eigenvalue weighted by atomic mass is 19.1. The Bertz CT molecular complexity index is 1110. The number of benzene rings is 3. The van der Waals surface area contributed by atoms with Gasteiger partial charge in [0.1, 0.15) is 17.3 Å². The third-order valence-corrected chi connectivity index (χ3v) is 4.27. The fourth-order valence-electron chi connectivity index (χ4n) is 2.70. The van der Waals surface area contributed by atoms with Crippen LogP contribution in [0.5, 0.6) is 11.5 Å². The first-order chi connectivity index (χ1) is 14.4. The normalized spacial score (nSPS) is 10.2. The van der Waals surface area contributed by atoms with Crippen LogP contribution in [0.2, 0.25) is 0 Å². The number of carbonyl (C=O) groups is 2. The van der Waals surface area contributed by atoms with Crippen LogP contribution >= 0.6 is 0 Å². The number of carbonyl (C=O) groups excluding carboxylic acids is 2. The fraction of sp³-hybridized carbons (Fsp3) is 0.0400. The van der Waals surface area contributed by atoms with E-state index in [4.69, 9.17) is 9.47 Å². The molecule has 0 saturated carbocycles. The standard InChI is InChI=1S/C25H19FO4/c1-4-24(27)29-21-13-14-22(23(26)15-21)19-7-5-17(6-8-19)18-9-11-20(12-10-18)30-25(28)16(2)3/h4-15H,1-2H2,3H3. The third kappa shape index (κ3) is 4.89. The number of halogens is 1. The van der Waals surface area contributed by atoms with Crippen molar-refractivity contribution in [1.29, 1.82) is 0 Å². The molecule has 0 aromatic heterocycles. The molecule has 0 amide bonds. The van der Waals surface area contributed by atoms with Crippen molar-refractivity contribution in [2.75, 3.05) is 0 Å². The van der Waals surface area contributed by atoms with Gasteiger partial charge < -0.3 is 9.47 Å². The van der Waals surface area contributed by atoms with E-state index in [0.29, 0.717) is 22.4 Å². The quantitative estimate of drug-likeness (QED) is 0.300. The third-order valence-electron chi connectivity index (χ3n) is 4.27. The summed E-state index contributed by atoms with van der Waals surface area (Å²) < 4.78 is 24.6. The minimum Gasteiger partial charge on any atom is -0.423 e. The van der Waals surface area contributed by atoms with E-state index in [1.165, 1.54) is 6.07 Å². The van der Waals surface area contributed by atoms with E-state index in [0.717, 1.165) is 23.3 Å². The molecule has 0 fully saturated rings. The summed E-state index contributed by atoms with van der Waals surface area (Å²) >= 11 is 0. The van der Waals surface area contributed by atoms with Crippen molar-refractivity contribution in [1.82, 2.24) is 0 Å². The van der Waals surface area contributed by atoms with Gasteiger partial charge in [0.25, 0.3) is 0 Å². The molecule has 30 heavy (non-hydrogen) atoms. The first-order valence-corrected chi connectivity index (χ1v) is 9.09. The van der Waals surface area contributed by atoms with Gasteiger partial charge in [-0.1, -0.05) is 49.6 Å². The molecule has 0 aliphatic heterocycles. The Kier molecular flexibility index (Phi) is 6.23. The van der Waals surface area contributed by atoms with Gasteiger partial charge in [-0.15, -0.1) is 0 Å². The van der Waals surface area contributed by atoms with Crippen LogP contribution in [0.4, 0.5) is 4.39 Å². The van der Waals surface area contributed by atoms with Gasteiger partial charge in [-0.25, -0.2) is 14.0 Å². The monoisotopic (exact) mass is 402 g/mol. The maximum Gasteiger partial charge on any atom is 0.338 e. The number of esters is 2. The summed E-state index contributed by atoms with van der Waals surface area (Å²) in [6.07, 6.45) is 1.02. The van der Waals surface area contributed by atoms with Crippen LogP contribution in [0.25, 0.3) is 22.3 Å². The van der Waals surface area contributed by atoms with Crippen LogP contribution in [-0.4, -0.2) is 11.9 Å². The Hall–Kier alpha value is -3.99. The molecule has 0 N–H and O–H groups in total. The first kappa shape index (κ1) is 20.7. The van der Waals surface area contributed by atoms with Crippen LogP contribution in [-0.2, 0) is 9.59 Å². The van der Waals surface area contributed by atoms with Gasteiger partial charge in [-0.05, 0) is 47.9 Å². The second kappa shape index (κ2) is 9.01. The summed E-state index contributed by atoms with van der Waals surface area (Å²) in [5, 5.41) is 0. The van der Waals surface area contributed by atoms with Crippen LogP contribution in [0, 0.1) is 5.82 Å². The predicted molar refractivity (Wildman–Crippen MR) is 114 cm³/mol. The molecular formula is C25H19FO4. The number of ether oxygens (including phenoxy) is 2. The maximum atomic E-state index is 14.5. The molecule has 0 aliphatic carbocycles. The Balaban J connectivity index is 1.76. The lowest BCUT2D eigenvalue weighted by atomic mass is 10.00. The lowest BCUT2D eigenvalue weighted by molar-refractivity contribution is -0.130. The number of hydrogen-bond donors (Lipinski definition) is 0. The lowest BCUT2D eigenvalue weighted by Crippen LogP contribution is -2.07. The molecule has 0 bridgehead atoms. The van der Waals surface area contributed by atoms with Gasteiger partial charge >= 0.3 is 11.9 Å². The van der Waals surface area contributed by atoms with Crippen molar-refractivity contribution in [3.63, 3.8) is 0 Å². The zero-order valence-corrected chi connectivity index (χ0v) is 16.4. The molecule has 0 saturated heterocycles. The average Bonchev–Trinajstić information content (AvgIpc) is 2.74. The summed E-state index contributed by atoms with van der Waals surface area (Å²) in [6.45, 7) is 8.44. The molecule has 5 heteroatoms. The van der Waals surface area contributed by atoms with Crippen LogP contribution in [0.1, 0.15) is 6.92 Å². The van der Waals surface area contributed by atoms with Gasteiger partial charge in [0.2, 0.25) is 0 Å². The fourth-order valence-corrected chi connectivity index (χ4v) is 2.70. The van der Waals surface area contributed by atoms with Gasteiger partial charge in [0.15, 0.2) is 0 Å². The molecular weight excluding hydrogens is 383 g/mol. The molecule has 0 spiro atoms. The van der Waals surface area contributed by atoms with E-state index in [1.54, 1.807) is 37.3 Å². The highest BCUT2D eigenvalue weighted by Crippen LogP contribution is 2.29. The SMILES string of the molecule is C=CC(=O)Oc1ccc(-c2ccc(-c3ccc(OC(=O)C(=C)C)cc3)cc2)c(F)c1. The number of rotatable bonds is 6. The average molecular weight is 402 g/mol. The largest absolute Gasteiger partial charge is 0.423 e. The molecule has 0 atom stereocenters.